The van der Waals surface area contributed by atoms with Crippen molar-refractivity contribution in [3.05, 3.63) is 35.4 Å². The molecule has 3 heteroatoms. The number of rotatable bonds is 6. The Hall–Kier alpha value is -1.35. The minimum absolute atomic E-state index is 0.252. The van der Waals surface area contributed by atoms with Gasteiger partial charge in [-0.3, -0.25) is 4.79 Å². The van der Waals surface area contributed by atoms with Gasteiger partial charge in [-0.2, -0.15) is 0 Å². The zero-order valence-corrected chi connectivity index (χ0v) is 17.7. The van der Waals surface area contributed by atoms with E-state index in [1.807, 2.05) is 20.8 Å². The number of nitrogens with zero attached hydrogens (tertiary/aromatic N) is 2. The maximum Gasteiger partial charge on any atom is 0.227 e. The Balaban J connectivity index is 1.71. The van der Waals surface area contributed by atoms with Crippen LogP contribution in [-0.2, 0) is 11.3 Å². The van der Waals surface area contributed by atoms with Crippen LogP contribution in [0, 0.1) is 11.3 Å². The van der Waals surface area contributed by atoms with Crippen molar-refractivity contribution in [2.45, 2.75) is 66.3 Å². The average molecular weight is 359 g/mol. The van der Waals surface area contributed by atoms with E-state index in [4.69, 9.17) is 0 Å². The molecule has 1 aliphatic rings. The Bertz CT molecular complexity index is 563. The summed E-state index contributed by atoms with van der Waals surface area (Å²) in [5, 5.41) is 0. The fourth-order valence-electron chi connectivity index (χ4n) is 3.70. The second-order valence-corrected chi connectivity index (χ2v) is 9.41. The van der Waals surface area contributed by atoms with Gasteiger partial charge < -0.3 is 9.80 Å². The van der Waals surface area contributed by atoms with Crippen molar-refractivity contribution in [3.63, 3.8) is 0 Å². The summed E-state index contributed by atoms with van der Waals surface area (Å²) in [6, 6.07) is 9.05. The first-order valence-electron chi connectivity index (χ1n) is 10.2. The van der Waals surface area contributed by atoms with E-state index in [0.717, 1.165) is 44.9 Å². The van der Waals surface area contributed by atoms with Crippen molar-refractivity contribution < 1.29 is 4.79 Å². The lowest BCUT2D eigenvalue weighted by Gasteiger charge is -2.36. The molecule has 2 rings (SSSR count). The van der Waals surface area contributed by atoms with E-state index in [9.17, 15) is 4.79 Å². The molecule has 0 spiro atoms. The van der Waals surface area contributed by atoms with E-state index < -0.39 is 0 Å². The van der Waals surface area contributed by atoms with Crippen molar-refractivity contribution >= 4 is 5.91 Å². The van der Waals surface area contributed by atoms with E-state index in [1.54, 1.807) is 0 Å². The average Bonchev–Trinajstić information content (AvgIpc) is 2.59. The number of carbonyl (C=O) groups excluding carboxylic acids is 1. The lowest BCUT2D eigenvalue weighted by Crippen LogP contribution is -2.44. The third-order valence-electron chi connectivity index (χ3n) is 5.56. The summed E-state index contributed by atoms with van der Waals surface area (Å²) in [5.74, 6) is 1.65. The van der Waals surface area contributed by atoms with Crippen LogP contribution < -0.4 is 0 Å². The van der Waals surface area contributed by atoms with Crippen LogP contribution in [0.3, 0.4) is 0 Å². The summed E-state index contributed by atoms with van der Waals surface area (Å²) in [6.45, 7) is 14.5. The fourth-order valence-corrected chi connectivity index (χ4v) is 3.70. The van der Waals surface area contributed by atoms with Crippen LogP contribution in [0.1, 0.15) is 70.9 Å². The van der Waals surface area contributed by atoms with E-state index in [2.05, 4.69) is 55.0 Å². The molecular weight excluding hydrogens is 320 g/mol. The van der Waals surface area contributed by atoms with Crippen LogP contribution in [0.15, 0.2) is 24.3 Å². The lowest BCUT2D eigenvalue weighted by atomic mass is 9.89. The largest absolute Gasteiger partial charge is 0.342 e. The first kappa shape index (κ1) is 21.0. The number of amides is 1. The van der Waals surface area contributed by atoms with Crippen LogP contribution in [0.5, 0.6) is 0 Å². The Morgan fingerprint density at radius 2 is 1.73 bits per heavy atom. The molecule has 3 nitrogen and oxygen atoms in total. The number of hydrogen-bond acceptors (Lipinski definition) is 2. The SMILES string of the molecule is CC(C)c1ccc(CN(C)CCC2CCN(C(=O)C(C)(C)C)CC2)cc1. The van der Waals surface area contributed by atoms with Gasteiger partial charge in [-0.25, -0.2) is 0 Å². The number of benzene rings is 1. The van der Waals surface area contributed by atoms with Crippen LogP contribution in [0.2, 0.25) is 0 Å². The Morgan fingerprint density at radius 3 is 2.23 bits per heavy atom. The molecule has 0 bridgehead atoms. The predicted octanol–water partition coefficient (Wildman–Crippen LogP) is 4.92. The highest BCUT2D eigenvalue weighted by Gasteiger charge is 2.30. The predicted molar refractivity (Wildman–Crippen MR) is 110 cm³/mol. The van der Waals surface area contributed by atoms with Crippen molar-refractivity contribution in [2.24, 2.45) is 11.3 Å². The fraction of sp³-hybridized carbons (Fsp3) is 0.696. The molecule has 0 radical (unpaired) electrons. The standard InChI is InChI=1S/C23H38N2O/c1-18(2)21-9-7-20(8-10-21)17-24(6)14-11-19-12-15-25(16-13-19)22(26)23(3,4)5/h7-10,18-19H,11-17H2,1-6H3. The van der Waals surface area contributed by atoms with Crippen LogP contribution in [0.25, 0.3) is 0 Å². The second-order valence-electron chi connectivity index (χ2n) is 9.41. The number of carbonyl (C=O) groups is 1. The highest BCUT2D eigenvalue weighted by molar-refractivity contribution is 5.81. The number of hydrogen-bond donors (Lipinski definition) is 0. The van der Waals surface area contributed by atoms with Crippen molar-refractivity contribution in [2.75, 3.05) is 26.7 Å². The first-order valence-corrected chi connectivity index (χ1v) is 10.2. The van der Waals surface area contributed by atoms with E-state index >= 15 is 0 Å². The van der Waals surface area contributed by atoms with Crippen molar-refractivity contribution in [1.82, 2.24) is 9.80 Å². The van der Waals surface area contributed by atoms with Gasteiger partial charge in [0.2, 0.25) is 5.91 Å². The van der Waals surface area contributed by atoms with Crippen LogP contribution in [-0.4, -0.2) is 42.4 Å². The Kier molecular flexibility index (Phi) is 7.28. The van der Waals surface area contributed by atoms with E-state index in [-0.39, 0.29) is 5.41 Å². The maximum absolute atomic E-state index is 12.4. The van der Waals surface area contributed by atoms with Gasteiger partial charge in [0.25, 0.3) is 0 Å². The summed E-state index contributed by atoms with van der Waals surface area (Å²) < 4.78 is 0. The molecule has 1 aromatic carbocycles. The van der Waals surface area contributed by atoms with Gasteiger partial charge in [-0.15, -0.1) is 0 Å². The molecule has 0 aliphatic carbocycles. The van der Waals surface area contributed by atoms with Gasteiger partial charge in [-0.1, -0.05) is 58.9 Å². The van der Waals surface area contributed by atoms with Crippen LogP contribution in [0.4, 0.5) is 0 Å². The molecule has 1 saturated heterocycles. The number of piperidine rings is 1. The molecule has 1 aliphatic heterocycles. The van der Waals surface area contributed by atoms with Crippen molar-refractivity contribution in [3.8, 4) is 0 Å². The smallest absolute Gasteiger partial charge is 0.227 e. The normalized spacial score (nSPS) is 16.5. The van der Waals surface area contributed by atoms with Gasteiger partial charge in [0.1, 0.15) is 0 Å². The van der Waals surface area contributed by atoms with E-state index in [1.165, 1.54) is 17.5 Å². The molecule has 146 valence electrons. The first-order chi connectivity index (χ1) is 12.2. The summed E-state index contributed by atoms with van der Waals surface area (Å²) in [5.41, 5.74) is 2.55. The molecule has 0 N–H and O–H groups in total. The molecule has 1 heterocycles. The molecule has 0 saturated carbocycles. The molecule has 1 amide bonds. The molecule has 0 aromatic heterocycles. The third-order valence-corrected chi connectivity index (χ3v) is 5.56. The van der Waals surface area contributed by atoms with Gasteiger partial charge in [0.15, 0.2) is 0 Å². The minimum Gasteiger partial charge on any atom is -0.342 e. The Labute approximate surface area is 160 Å². The number of likely N-dealkylation sites (tertiary alicyclic amines) is 1. The zero-order chi connectivity index (χ0) is 19.3. The van der Waals surface area contributed by atoms with E-state index in [0.29, 0.717) is 11.8 Å². The van der Waals surface area contributed by atoms with Gasteiger partial charge in [-0.05, 0) is 55.8 Å². The third kappa shape index (κ3) is 6.12. The summed E-state index contributed by atoms with van der Waals surface area (Å²) in [6.07, 6.45) is 3.54. The Morgan fingerprint density at radius 1 is 1.15 bits per heavy atom. The molecular formula is C23H38N2O. The highest BCUT2D eigenvalue weighted by Crippen LogP contribution is 2.25. The highest BCUT2D eigenvalue weighted by atomic mass is 16.2. The second kappa shape index (κ2) is 9.03. The molecule has 1 fully saturated rings. The van der Waals surface area contributed by atoms with Crippen molar-refractivity contribution in [1.29, 1.82) is 0 Å². The molecule has 0 atom stereocenters. The molecule has 1 aromatic rings. The van der Waals surface area contributed by atoms with Crippen LogP contribution >= 0.6 is 0 Å². The summed E-state index contributed by atoms with van der Waals surface area (Å²) >= 11 is 0. The molecule has 26 heavy (non-hydrogen) atoms. The maximum atomic E-state index is 12.4. The summed E-state index contributed by atoms with van der Waals surface area (Å²) in [7, 11) is 2.22. The quantitative estimate of drug-likeness (QED) is 0.721. The topological polar surface area (TPSA) is 23.6 Å². The molecule has 0 unspecified atom stereocenters. The van der Waals surface area contributed by atoms with Gasteiger partial charge >= 0.3 is 0 Å². The monoisotopic (exact) mass is 358 g/mol. The summed E-state index contributed by atoms with van der Waals surface area (Å²) in [4.78, 5) is 16.9. The van der Waals surface area contributed by atoms with Gasteiger partial charge in [0, 0.05) is 25.0 Å². The minimum atomic E-state index is -0.252. The zero-order valence-electron chi connectivity index (χ0n) is 17.7. The lowest BCUT2D eigenvalue weighted by molar-refractivity contribution is -0.140. The van der Waals surface area contributed by atoms with Gasteiger partial charge in [0.05, 0.1) is 0 Å².